The monoisotopic (exact) mass is 515 g/mol. The maximum Gasteiger partial charge on any atom is 0.257 e. The molecule has 2 aliphatic rings. The lowest BCUT2D eigenvalue weighted by Gasteiger charge is -2.51. The SMILES string of the molecule is COCc1ccc(CN2CCN(C3(C)CCN(C(=O)c4c(C)ncnc4C)CC3)C[C@@H]2C)c2ccccc12. The Bertz CT molecular complexity index is 1280. The Hall–Kier alpha value is -2.87. The van der Waals surface area contributed by atoms with Gasteiger partial charge in [0.1, 0.15) is 6.33 Å². The Morgan fingerprint density at radius 1 is 0.974 bits per heavy atom. The number of carbonyl (C=O) groups excluding carboxylic acids is 1. The lowest BCUT2D eigenvalue weighted by atomic mass is 9.86. The van der Waals surface area contributed by atoms with Crippen LogP contribution in [0.25, 0.3) is 10.8 Å². The van der Waals surface area contributed by atoms with E-state index < -0.39 is 0 Å². The van der Waals surface area contributed by atoms with Gasteiger partial charge in [0.2, 0.25) is 0 Å². The molecule has 7 heteroatoms. The molecule has 2 saturated heterocycles. The van der Waals surface area contributed by atoms with Gasteiger partial charge in [-0.1, -0.05) is 36.4 Å². The Kier molecular flexibility index (Phi) is 7.80. The molecule has 1 amide bonds. The molecule has 1 atom stereocenters. The van der Waals surface area contributed by atoms with E-state index in [0.717, 1.165) is 63.5 Å². The molecule has 1 aromatic heterocycles. The van der Waals surface area contributed by atoms with Gasteiger partial charge in [0.25, 0.3) is 5.91 Å². The van der Waals surface area contributed by atoms with Crippen molar-refractivity contribution in [2.24, 2.45) is 0 Å². The number of ether oxygens (including phenoxy) is 1. The molecular weight excluding hydrogens is 474 g/mol. The van der Waals surface area contributed by atoms with E-state index in [4.69, 9.17) is 4.74 Å². The third-order valence-electron chi connectivity index (χ3n) is 8.87. The number of hydrogen-bond acceptors (Lipinski definition) is 6. The van der Waals surface area contributed by atoms with Crippen molar-refractivity contribution >= 4 is 16.7 Å². The number of amides is 1. The Labute approximate surface area is 226 Å². The summed E-state index contributed by atoms with van der Waals surface area (Å²) in [6, 6.07) is 13.7. The number of likely N-dealkylation sites (tertiary alicyclic amines) is 1. The van der Waals surface area contributed by atoms with Crippen LogP contribution >= 0.6 is 0 Å². The van der Waals surface area contributed by atoms with Crippen LogP contribution in [0.4, 0.5) is 0 Å². The quantitative estimate of drug-likeness (QED) is 0.478. The normalized spacial score (nSPS) is 20.7. The topological polar surface area (TPSA) is 61.8 Å². The Balaban J connectivity index is 1.22. The molecule has 202 valence electrons. The zero-order valence-corrected chi connectivity index (χ0v) is 23.5. The van der Waals surface area contributed by atoms with Crippen LogP contribution in [0.3, 0.4) is 0 Å². The summed E-state index contributed by atoms with van der Waals surface area (Å²) >= 11 is 0. The third-order valence-corrected chi connectivity index (χ3v) is 8.87. The van der Waals surface area contributed by atoms with Crippen molar-refractivity contribution in [1.29, 1.82) is 0 Å². The Morgan fingerprint density at radius 2 is 1.61 bits per heavy atom. The van der Waals surface area contributed by atoms with Gasteiger partial charge in [0.05, 0.1) is 23.6 Å². The van der Waals surface area contributed by atoms with E-state index in [1.165, 1.54) is 28.2 Å². The third kappa shape index (κ3) is 5.20. The zero-order valence-electron chi connectivity index (χ0n) is 23.5. The maximum absolute atomic E-state index is 13.3. The number of nitrogens with zero attached hydrogens (tertiary/aromatic N) is 5. The maximum atomic E-state index is 13.3. The molecule has 3 aromatic rings. The first-order valence-electron chi connectivity index (χ1n) is 13.9. The first kappa shape index (κ1) is 26.7. The van der Waals surface area contributed by atoms with E-state index in [1.54, 1.807) is 7.11 Å². The minimum atomic E-state index is 0.0737. The highest BCUT2D eigenvalue weighted by Crippen LogP contribution is 2.33. The predicted molar refractivity (Wildman–Crippen MR) is 151 cm³/mol. The molecule has 3 heterocycles. The van der Waals surface area contributed by atoms with Crippen molar-refractivity contribution in [2.45, 2.75) is 65.3 Å². The summed E-state index contributed by atoms with van der Waals surface area (Å²) in [5, 5.41) is 2.62. The summed E-state index contributed by atoms with van der Waals surface area (Å²) in [6.07, 6.45) is 3.51. The summed E-state index contributed by atoms with van der Waals surface area (Å²) in [7, 11) is 1.76. The summed E-state index contributed by atoms with van der Waals surface area (Å²) in [5.74, 6) is 0.0737. The van der Waals surface area contributed by atoms with Crippen LogP contribution in [0.15, 0.2) is 42.7 Å². The van der Waals surface area contributed by atoms with Crippen LogP contribution in [0.1, 0.15) is 59.6 Å². The van der Waals surface area contributed by atoms with Crippen molar-refractivity contribution in [2.75, 3.05) is 39.8 Å². The molecule has 0 saturated carbocycles. The largest absolute Gasteiger partial charge is 0.380 e. The van der Waals surface area contributed by atoms with Crippen LogP contribution in [0.2, 0.25) is 0 Å². The van der Waals surface area contributed by atoms with Crippen molar-refractivity contribution in [3.05, 3.63) is 70.8 Å². The van der Waals surface area contributed by atoms with Gasteiger partial charge in [-0.3, -0.25) is 14.6 Å². The standard InChI is InChI=1S/C31H41N5O2/c1-22-18-36(31(4)12-14-34(15-13-31)30(37)29-23(2)32-21-33-24(29)3)17-16-35(22)19-25-10-11-26(20-38-5)28-9-7-6-8-27(25)28/h6-11,21-22H,12-20H2,1-5H3/t22-/m0/s1. The molecule has 5 rings (SSSR count). The number of fused-ring (bicyclic) bond motifs is 1. The van der Waals surface area contributed by atoms with E-state index in [2.05, 4.69) is 70.0 Å². The molecule has 0 N–H and O–H groups in total. The molecule has 38 heavy (non-hydrogen) atoms. The second kappa shape index (κ2) is 11.1. The fourth-order valence-electron chi connectivity index (χ4n) is 6.35. The molecule has 0 spiro atoms. The number of aromatic nitrogens is 2. The van der Waals surface area contributed by atoms with Crippen molar-refractivity contribution < 1.29 is 9.53 Å². The lowest BCUT2D eigenvalue weighted by Crippen LogP contribution is -2.61. The zero-order chi connectivity index (χ0) is 26.9. The number of aryl methyl sites for hydroxylation is 2. The van der Waals surface area contributed by atoms with E-state index in [-0.39, 0.29) is 11.4 Å². The van der Waals surface area contributed by atoms with Gasteiger partial charge >= 0.3 is 0 Å². The first-order valence-corrected chi connectivity index (χ1v) is 13.9. The van der Waals surface area contributed by atoms with Crippen molar-refractivity contribution in [3.8, 4) is 0 Å². The average Bonchev–Trinajstić information content (AvgIpc) is 2.91. The van der Waals surface area contributed by atoms with Crippen molar-refractivity contribution in [3.63, 3.8) is 0 Å². The average molecular weight is 516 g/mol. The molecule has 0 bridgehead atoms. The number of carbonyl (C=O) groups is 1. The van der Waals surface area contributed by atoms with E-state index in [0.29, 0.717) is 18.2 Å². The van der Waals surface area contributed by atoms with Crippen LogP contribution in [0, 0.1) is 13.8 Å². The van der Waals surface area contributed by atoms with E-state index in [1.807, 2.05) is 18.7 Å². The first-order chi connectivity index (χ1) is 18.3. The van der Waals surface area contributed by atoms with Crippen LogP contribution in [0.5, 0.6) is 0 Å². The fraction of sp³-hybridized carbons (Fsp3) is 0.516. The summed E-state index contributed by atoms with van der Waals surface area (Å²) in [5.41, 5.74) is 4.94. The second-order valence-electron chi connectivity index (χ2n) is 11.3. The molecule has 2 fully saturated rings. The summed E-state index contributed by atoms with van der Waals surface area (Å²) < 4.78 is 5.43. The van der Waals surface area contributed by atoms with Gasteiger partial charge in [-0.25, -0.2) is 9.97 Å². The number of piperidine rings is 1. The predicted octanol–water partition coefficient (Wildman–Crippen LogP) is 4.59. The highest BCUT2D eigenvalue weighted by Gasteiger charge is 2.40. The lowest BCUT2D eigenvalue weighted by molar-refractivity contribution is -0.0191. The van der Waals surface area contributed by atoms with Crippen LogP contribution in [-0.2, 0) is 17.9 Å². The van der Waals surface area contributed by atoms with E-state index >= 15 is 0 Å². The fourth-order valence-corrected chi connectivity index (χ4v) is 6.35. The molecule has 0 unspecified atom stereocenters. The highest BCUT2D eigenvalue weighted by atomic mass is 16.5. The minimum absolute atomic E-state index is 0.0737. The molecule has 2 aromatic carbocycles. The van der Waals surface area contributed by atoms with Gasteiger partial charge < -0.3 is 9.64 Å². The van der Waals surface area contributed by atoms with Gasteiger partial charge in [0.15, 0.2) is 0 Å². The molecule has 2 aliphatic heterocycles. The number of methoxy groups -OCH3 is 1. The Morgan fingerprint density at radius 3 is 2.24 bits per heavy atom. The number of benzene rings is 2. The highest BCUT2D eigenvalue weighted by molar-refractivity contribution is 5.96. The molecular formula is C31H41N5O2. The van der Waals surface area contributed by atoms with Crippen molar-refractivity contribution in [1.82, 2.24) is 24.7 Å². The van der Waals surface area contributed by atoms with Crippen LogP contribution < -0.4 is 0 Å². The minimum Gasteiger partial charge on any atom is -0.380 e. The second-order valence-corrected chi connectivity index (χ2v) is 11.3. The summed E-state index contributed by atoms with van der Waals surface area (Å²) in [4.78, 5) is 29.1. The van der Waals surface area contributed by atoms with Gasteiger partial charge in [0, 0.05) is 58.0 Å². The van der Waals surface area contributed by atoms with Crippen LogP contribution in [-0.4, -0.2) is 82.0 Å². The van der Waals surface area contributed by atoms with Gasteiger partial charge in [-0.2, -0.15) is 0 Å². The summed E-state index contributed by atoms with van der Waals surface area (Å²) in [6.45, 7) is 14.8. The van der Waals surface area contributed by atoms with E-state index in [9.17, 15) is 4.79 Å². The molecule has 0 radical (unpaired) electrons. The number of rotatable bonds is 6. The smallest absolute Gasteiger partial charge is 0.257 e. The molecule has 7 nitrogen and oxygen atoms in total. The number of hydrogen-bond donors (Lipinski definition) is 0. The van der Waals surface area contributed by atoms with Gasteiger partial charge in [-0.15, -0.1) is 0 Å². The molecule has 0 aliphatic carbocycles. The van der Waals surface area contributed by atoms with Gasteiger partial charge in [-0.05, 0) is 62.4 Å². The number of piperazine rings is 1.